The van der Waals surface area contributed by atoms with Crippen LogP contribution in [0.5, 0.6) is 0 Å². The van der Waals surface area contributed by atoms with Crippen molar-refractivity contribution < 1.29 is 9.53 Å². The molecule has 7 heavy (non-hydrogen) atoms. The third-order valence-corrected chi connectivity index (χ3v) is 0.475. The van der Waals surface area contributed by atoms with Crippen molar-refractivity contribution in [3.05, 3.63) is 12.3 Å². The quantitative estimate of drug-likeness (QED) is 0.378. The Bertz CT molecular complexity index is 85.9. The summed E-state index contributed by atoms with van der Waals surface area (Å²) in [4.78, 5) is 9.96. The van der Waals surface area contributed by atoms with Crippen molar-refractivity contribution in [3.63, 3.8) is 0 Å². The maximum absolute atomic E-state index is 9.96. The number of ether oxygens (including phenoxy) is 1. The molecule has 0 aromatic rings. The number of carbonyl (C=O) groups excluding carboxylic acids is 1. The van der Waals surface area contributed by atoms with E-state index in [1.807, 2.05) is 0 Å². The van der Waals surface area contributed by atoms with Crippen LogP contribution in [0, 0.1) is 0 Å². The molecule has 0 spiro atoms. The van der Waals surface area contributed by atoms with Gasteiger partial charge in [0, 0.05) is 0 Å². The van der Waals surface area contributed by atoms with E-state index in [4.69, 9.17) is 0 Å². The molecule has 0 radical (unpaired) electrons. The zero-order chi connectivity index (χ0) is 5.86. The van der Waals surface area contributed by atoms with Crippen molar-refractivity contribution >= 4 is 26.6 Å². The zero-order valence-corrected chi connectivity index (χ0v) is 6.06. The highest BCUT2D eigenvalue weighted by atomic mass is 127. The van der Waals surface area contributed by atoms with Crippen LogP contribution in [0.25, 0.3) is 0 Å². The molecule has 0 aliphatic heterocycles. The molecule has 0 saturated carbocycles. The molecular weight excluding hydrogens is 207 g/mol. The molecule has 0 aliphatic carbocycles. The maximum Gasteiger partial charge on any atom is 0.372 e. The summed E-state index contributed by atoms with van der Waals surface area (Å²) in [6.07, 6.45) is 0. The average Bonchev–Trinajstić information content (AvgIpc) is 1.27. The monoisotopic (exact) mass is 212 g/mol. The van der Waals surface area contributed by atoms with Crippen LogP contribution in [-0.2, 0) is 4.74 Å². The number of hydrogen-bond donors (Lipinski definition) is 0. The topological polar surface area (TPSA) is 26.3 Å². The van der Waals surface area contributed by atoms with Crippen LogP contribution in [0.2, 0.25) is 0 Å². The minimum Gasteiger partial charge on any atom is -0.424 e. The Hall–Kier alpha value is -0.0600. The molecule has 0 bridgehead atoms. The van der Waals surface area contributed by atoms with Crippen molar-refractivity contribution in [2.75, 3.05) is 0 Å². The van der Waals surface area contributed by atoms with E-state index in [1.54, 1.807) is 6.92 Å². The maximum atomic E-state index is 9.96. The minimum absolute atomic E-state index is 0.342. The van der Waals surface area contributed by atoms with Crippen LogP contribution in [0.1, 0.15) is 6.92 Å². The van der Waals surface area contributed by atoms with E-state index in [0.717, 1.165) is 0 Å². The molecule has 0 N–H and O–H groups in total. The standard InChI is InChI=1S/C4H5IO2/c1-3(2)7-4(5)6/h1H2,2H3. The lowest BCUT2D eigenvalue weighted by Gasteiger charge is -1.92. The van der Waals surface area contributed by atoms with E-state index in [1.165, 1.54) is 22.6 Å². The van der Waals surface area contributed by atoms with Crippen LogP contribution >= 0.6 is 22.6 Å². The summed E-state index contributed by atoms with van der Waals surface area (Å²) in [7, 11) is 0. The summed E-state index contributed by atoms with van der Waals surface area (Å²) in [5, 5.41) is 0. The van der Waals surface area contributed by atoms with Gasteiger partial charge in [-0.15, -0.1) is 0 Å². The fourth-order valence-corrected chi connectivity index (χ4v) is 0.513. The molecule has 0 amide bonds. The summed E-state index contributed by atoms with van der Waals surface area (Å²) in [5.41, 5.74) is 0. The first-order valence-corrected chi connectivity index (χ1v) is 2.73. The van der Waals surface area contributed by atoms with Gasteiger partial charge in [-0.3, -0.25) is 0 Å². The van der Waals surface area contributed by atoms with Gasteiger partial charge in [-0.25, -0.2) is 4.79 Å². The number of halogens is 1. The van der Waals surface area contributed by atoms with Gasteiger partial charge < -0.3 is 4.74 Å². The Morgan fingerprint density at radius 3 is 2.29 bits per heavy atom. The first-order valence-electron chi connectivity index (χ1n) is 1.65. The molecule has 0 aromatic heterocycles. The van der Waals surface area contributed by atoms with Crippen molar-refractivity contribution in [3.8, 4) is 0 Å². The van der Waals surface area contributed by atoms with Gasteiger partial charge in [-0.05, 0) is 6.92 Å². The van der Waals surface area contributed by atoms with E-state index < -0.39 is 0 Å². The zero-order valence-electron chi connectivity index (χ0n) is 3.90. The van der Waals surface area contributed by atoms with E-state index in [2.05, 4.69) is 11.3 Å². The van der Waals surface area contributed by atoms with Crippen molar-refractivity contribution in [2.24, 2.45) is 0 Å². The molecule has 0 aliphatic rings. The van der Waals surface area contributed by atoms with Gasteiger partial charge in [0.25, 0.3) is 0 Å². The normalized spacial score (nSPS) is 7.71. The Balaban J connectivity index is 3.32. The van der Waals surface area contributed by atoms with E-state index in [-0.39, 0.29) is 3.98 Å². The van der Waals surface area contributed by atoms with E-state index >= 15 is 0 Å². The predicted molar refractivity (Wildman–Crippen MR) is 35.3 cm³/mol. The number of allylic oxidation sites excluding steroid dienone is 1. The lowest BCUT2D eigenvalue weighted by Crippen LogP contribution is -1.86. The van der Waals surface area contributed by atoms with Gasteiger partial charge in [-0.2, -0.15) is 0 Å². The van der Waals surface area contributed by atoms with Gasteiger partial charge in [0.2, 0.25) is 0 Å². The highest BCUT2D eigenvalue weighted by Crippen LogP contribution is 1.97. The Morgan fingerprint density at radius 1 is 1.86 bits per heavy atom. The van der Waals surface area contributed by atoms with Crippen molar-refractivity contribution in [1.29, 1.82) is 0 Å². The average molecular weight is 212 g/mol. The molecule has 0 rings (SSSR count). The Labute approximate surface area is 55.7 Å². The van der Waals surface area contributed by atoms with Gasteiger partial charge in [0.1, 0.15) is 0 Å². The van der Waals surface area contributed by atoms with Gasteiger partial charge in [0.05, 0.1) is 28.4 Å². The second-order valence-corrected chi connectivity index (χ2v) is 1.92. The van der Waals surface area contributed by atoms with Crippen LogP contribution < -0.4 is 0 Å². The SMILES string of the molecule is C=C(C)OC(=O)I. The first kappa shape index (κ1) is 6.94. The largest absolute Gasteiger partial charge is 0.424 e. The molecule has 0 fully saturated rings. The summed E-state index contributed by atoms with van der Waals surface area (Å²) in [5.74, 6) is 0.430. The molecule has 2 nitrogen and oxygen atoms in total. The van der Waals surface area contributed by atoms with Crippen LogP contribution in [0.15, 0.2) is 12.3 Å². The highest BCUT2D eigenvalue weighted by molar-refractivity contribution is 14.1. The predicted octanol–water partition coefficient (Wildman–Crippen LogP) is 2.09. The number of carbonyl (C=O) groups is 1. The highest BCUT2D eigenvalue weighted by Gasteiger charge is 1.90. The third-order valence-electron chi connectivity index (χ3n) is 0.254. The van der Waals surface area contributed by atoms with Gasteiger partial charge >= 0.3 is 3.98 Å². The number of hydrogen-bond acceptors (Lipinski definition) is 2. The summed E-state index contributed by atoms with van der Waals surface area (Å²) < 4.78 is 4.06. The Morgan fingerprint density at radius 2 is 2.29 bits per heavy atom. The van der Waals surface area contributed by atoms with E-state index in [0.29, 0.717) is 5.76 Å². The molecular formula is C4H5IO2. The van der Waals surface area contributed by atoms with Crippen LogP contribution in [0.3, 0.4) is 0 Å². The molecule has 0 unspecified atom stereocenters. The summed E-state index contributed by atoms with van der Waals surface area (Å²) in [6, 6.07) is 0. The molecule has 0 heterocycles. The molecule has 0 aromatic carbocycles. The lowest BCUT2D eigenvalue weighted by molar-refractivity contribution is 0.209. The molecule has 40 valence electrons. The smallest absolute Gasteiger partial charge is 0.372 e. The summed E-state index contributed by atoms with van der Waals surface area (Å²) >= 11 is 1.54. The second-order valence-electron chi connectivity index (χ2n) is 1.04. The fraction of sp³-hybridized carbons (Fsp3) is 0.250. The lowest BCUT2D eigenvalue weighted by atomic mass is 10.7. The minimum atomic E-state index is -0.342. The second kappa shape index (κ2) is 3.01. The Kier molecular flexibility index (Phi) is 2.98. The number of rotatable bonds is 1. The molecule has 3 heteroatoms. The van der Waals surface area contributed by atoms with E-state index in [9.17, 15) is 4.79 Å². The summed E-state index contributed by atoms with van der Waals surface area (Å²) in [6.45, 7) is 4.97. The van der Waals surface area contributed by atoms with Crippen LogP contribution in [0.4, 0.5) is 4.79 Å². The molecule has 0 saturated heterocycles. The fourth-order valence-electron chi connectivity index (χ4n) is 0.137. The van der Waals surface area contributed by atoms with Crippen molar-refractivity contribution in [1.82, 2.24) is 0 Å². The van der Waals surface area contributed by atoms with Crippen molar-refractivity contribution in [2.45, 2.75) is 6.92 Å². The molecule has 0 atom stereocenters. The first-order chi connectivity index (χ1) is 3.13. The van der Waals surface area contributed by atoms with Gasteiger partial charge in [-0.1, -0.05) is 6.58 Å². The third kappa shape index (κ3) is 5.94. The van der Waals surface area contributed by atoms with Gasteiger partial charge in [0.15, 0.2) is 0 Å². The van der Waals surface area contributed by atoms with Crippen LogP contribution in [-0.4, -0.2) is 3.98 Å².